The monoisotopic (exact) mass is 805 g/mol. The first-order valence-electron chi connectivity index (χ1n) is 17.3. The molecule has 0 aliphatic carbocycles. The molecule has 3 N–H and O–H groups in total. The fourth-order valence-corrected chi connectivity index (χ4v) is 10.1. The van der Waals surface area contributed by atoms with E-state index in [0.29, 0.717) is 81.9 Å². The fourth-order valence-electron chi connectivity index (χ4n) is 7.32. The number of hydrogen-bond donors (Lipinski definition) is 3. The third-order valence-electron chi connectivity index (χ3n) is 10.0. The van der Waals surface area contributed by atoms with E-state index in [1.54, 1.807) is 24.3 Å². The average molecular weight is 806 g/mol. The molecule has 1 fully saturated rings. The Balaban J connectivity index is 0.000000197. The van der Waals surface area contributed by atoms with Gasteiger partial charge in [0.2, 0.25) is 11.2 Å². The van der Waals surface area contributed by atoms with Gasteiger partial charge in [-0.2, -0.15) is 9.97 Å². The van der Waals surface area contributed by atoms with E-state index >= 15 is 0 Å². The Morgan fingerprint density at radius 3 is 1.95 bits per heavy atom. The maximum atomic E-state index is 13.8. The van der Waals surface area contributed by atoms with E-state index in [9.17, 15) is 22.0 Å². The summed E-state index contributed by atoms with van der Waals surface area (Å²) in [4.78, 5) is 35.4. The van der Waals surface area contributed by atoms with Gasteiger partial charge in [-0.1, -0.05) is 37.8 Å². The van der Waals surface area contributed by atoms with Crippen molar-refractivity contribution in [2.45, 2.75) is 48.4 Å². The summed E-state index contributed by atoms with van der Waals surface area (Å²) in [5.41, 5.74) is 4.13. The molecule has 5 aromatic rings. The third kappa shape index (κ3) is 7.50. The van der Waals surface area contributed by atoms with E-state index < -0.39 is 27.1 Å². The van der Waals surface area contributed by atoms with Crippen LogP contribution in [0.4, 0.5) is 48.2 Å². The lowest BCUT2D eigenvalue weighted by Crippen LogP contribution is -2.57. The molecule has 4 aliphatic rings. The van der Waals surface area contributed by atoms with Crippen LogP contribution < -0.4 is 20.9 Å². The molecule has 17 heteroatoms. The zero-order valence-corrected chi connectivity index (χ0v) is 31.3. The van der Waals surface area contributed by atoms with Crippen molar-refractivity contribution in [2.24, 2.45) is 0 Å². The van der Waals surface area contributed by atoms with Gasteiger partial charge in [0.05, 0.1) is 38.5 Å². The van der Waals surface area contributed by atoms with Crippen LogP contribution in [0.15, 0.2) is 82.6 Å². The topological polar surface area (TPSA) is 145 Å². The van der Waals surface area contributed by atoms with Gasteiger partial charge in [-0.3, -0.25) is 8.42 Å². The van der Waals surface area contributed by atoms with Gasteiger partial charge in [0, 0.05) is 67.1 Å². The molecule has 2 unspecified atom stereocenters. The second-order valence-corrected chi connectivity index (χ2v) is 16.5. The predicted molar refractivity (Wildman–Crippen MR) is 211 cm³/mol. The molecule has 0 saturated carbocycles. The van der Waals surface area contributed by atoms with Gasteiger partial charge in [0.25, 0.3) is 0 Å². The van der Waals surface area contributed by atoms with E-state index in [4.69, 9.17) is 21.6 Å². The molecular weight excluding hydrogens is 768 g/mol. The Morgan fingerprint density at radius 1 is 0.782 bits per heavy atom. The highest BCUT2D eigenvalue weighted by molar-refractivity contribution is 7.85. The Bertz CT molecular complexity index is 2350. The number of urea groups is 1. The molecule has 1 spiro atoms. The average Bonchev–Trinajstić information content (AvgIpc) is 3.73. The third-order valence-corrected chi connectivity index (χ3v) is 13.1. The second kappa shape index (κ2) is 15.6. The minimum Gasteiger partial charge on any atom is -0.341 e. The lowest BCUT2D eigenvalue weighted by Gasteiger charge is -2.50. The highest BCUT2D eigenvalue weighted by atomic mass is 35.5. The van der Waals surface area contributed by atoms with Gasteiger partial charge in [-0.25, -0.2) is 23.5 Å². The summed E-state index contributed by atoms with van der Waals surface area (Å²) in [6, 6.07) is 20.0. The van der Waals surface area contributed by atoms with Crippen LogP contribution in [0.2, 0.25) is 5.28 Å². The van der Waals surface area contributed by atoms with E-state index in [-0.39, 0.29) is 30.4 Å². The van der Waals surface area contributed by atoms with Crippen molar-refractivity contribution in [1.82, 2.24) is 24.8 Å². The SMILES string of the molecule is C.CN1C(=O)Nc2ccccc2C12CCN(c1nc3c(c(Nc4cccc(F)c4)n1)S(=O)CC3)CC2.O=S1CCc2nc(Cl)nc(Nc3cccc(F)c3)c21. The smallest absolute Gasteiger partial charge is 0.322 e. The number of carbonyl (C=O) groups excluding carboxylic acids is 1. The van der Waals surface area contributed by atoms with E-state index in [2.05, 4.69) is 36.9 Å². The molecule has 2 atom stereocenters. The normalized spacial score (nSPS) is 18.9. The molecule has 0 bridgehead atoms. The molecule has 0 radical (unpaired) electrons. The molecule has 6 heterocycles. The quantitative estimate of drug-likeness (QED) is 0.155. The number of rotatable bonds is 5. The van der Waals surface area contributed by atoms with Crippen LogP contribution in [-0.4, -0.2) is 70.9 Å². The molecule has 3 aromatic carbocycles. The predicted octanol–water partition coefficient (Wildman–Crippen LogP) is 7.31. The van der Waals surface area contributed by atoms with Gasteiger partial charge in [0.15, 0.2) is 11.6 Å². The maximum Gasteiger partial charge on any atom is 0.322 e. The summed E-state index contributed by atoms with van der Waals surface area (Å²) in [6.07, 6.45) is 2.69. The van der Waals surface area contributed by atoms with Crippen molar-refractivity contribution < 1.29 is 22.0 Å². The van der Waals surface area contributed by atoms with E-state index in [1.807, 2.05) is 30.1 Å². The summed E-state index contributed by atoms with van der Waals surface area (Å²) in [5.74, 6) is 1.72. The zero-order chi connectivity index (χ0) is 37.6. The maximum absolute atomic E-state index is 13.8. The summed E-state index contributed by atoms with van der Waals surface area (Å²) in [5, 5.41) is 9.18. The van der Waals surface area contributed by atoms with Crippen LogP contribution in [0.25, 0.3) is 0 Å². The number of halogens is 3. The summed E-state index contributed by atoms with van der Waals surface area (Å²) < 4.78 is 51.5. The number of piperidine rings is 1. The van der Waals surface area contributed by atoms with Crippen molar-refractivity contribution in [2.75, 3.05) is 52.5 Å². The van der Waals surface area contributed by atoms with Gasteiger partial charge in [-0.15, -0.1) is 0 Å². The van der Waals surface area contributed by atoms with Crippen molar-refractivity contribution in [3.63, 3.8) is 0 Å². The summed E-state index contributed by atoms with van der Waals surface area (Å²) in [6.45, 7) is 1.32. The highest BCUT2D eigenvalue weighted by Crippen LogP contribution is 2.45. The first-order chi connectivity index (χ1) is 26.1. The molecule has 1 saturated heterocycles. The lowest BCUT2D eigenvalue weighted by molar-refractivity contribution is 0.113. The number of para-hydroxylation sites is 1. The van der Waals surface area contributed by atoms with E-state index in [0.717, 1.165) is 29.8 Å². The molecule has 2 aromatic heterocycles. The Labute approximate surface area is 327 Å². The second-order valence-electron chi connectivity index (χ2n) is 13.2. The zero-order valence-electron chi connectivity index (χ0n) is 28.9. The number of amides is 2. The molecule has 55 heavy (non-hydrogen) atoms. The van der Waals surface area contributed by atoms with Gasteiger partial charge >= 0.3 is 6.03 Å². The number of nitrogens with one attached hydrogen (secondary N) is 3. The Morgan fingerprint density at radius 2 is 1.35 bits per heavy atom. The van der Waals surface area contributed by atoms with Crippen molar-refractivity contribution in [1.29, 1.82) is 0 Å². The van der Waals surface area contributed by atoms with Gasteiger partial charge < -0.3 is 25.8 Å². The molecule has 9 rings (SSSR count). The minimum absolute atomic E-state index is 0. The van der Waals surface area contributed by atoms with Gasteiger partial charge in [-0.05, 0) is 66.9 Å². The van der Waals surface area contributed by atoms with Crippen LogP contribution in [0.5, 0.6) is 0 Å². The number of anilines is 6. The van der Waals surface area contributed by atoms with Crippen LogP contribution >= 0.6 is 11.6 Å². The first-order valence-corrected chi connectivity index (χ1v) is 20.3. The first kappa shape index (κ1) is 38.2. The fraction of sp³-hybridized carbons (Fsp3) is 0.289. The summed E-state index contributed by atoms with van der Waals surface area (Å²) in [7, 11) is -0.481. The lowest BCUT2D eigenvalue weighted by atomic mass is 9.77. The highest BCUT2D eigenvalue weighted by Gasteiger charge is 2.46. The number of aromatic nitrogens is 4. The van der Waals surface area contributed by atoms with Crippen molar-refractivity contribution in [3.8, 4) is 0 Å². The number of benzene rings is 3. The Kier molecular flexibility index (Phi) is 10.8. The van der Waals surface area contributed by atoms with Crippen LogP contribution in [0.3, 0.4) is 0 Å². The van der Waals surface area contributed by atoms with Gasteiger partial charge in [0.1, 0.15) is 21.4 Å². The van der Waals surface area contributed by atoms with Crippen LogP contribution in [0.1, 0.15) is 37.2 Å². The number of hydrogen-bond acceptors (Lipinski definition) is 10. The minimum atomic E-state index is -1.20. The number of fused-ring (bicyclic) bond motifs is 4. The van der Waals surface area contributed by atoms with Crippen molar-refractivity contribution in [3.05, 3.63) is 107 Å². The molecule has 2 amide bonds. The molecule has 286 valence electrons. The summed E-state index contributed by atoms with van der Waals surface area (Å²) >= 11 is 5.84. The standard InChI is InChI=1S/C25H25FN6O2S.C12H9ClFN3OS.CH4/c1-31-24(33)29-19-8-3-2-7-18(19)25(31)10-12-32(13-11-25)23-28-20-9-14-35(34)21(20)22(30-23)27-17-6-4-5-16(26)15-17;13-12-16-9-4-5-19(18)10(9)11(17-12)15-8-3-1-2-7(14)6-8;/h2-8,15H,9-14H2,1H3,(H,29,33)(H,27,28,30);1-3,6H,4-5H2,(H,15,16,17);1H4. The van der Waals surface area contributed by atoms with Crippen LogP contribution in [-0.2, 0) is 40.0 Å². The Hall–Kier alpha value is -5.06. The number of aryl methyl sites for hydroxylation is 2. The largest absolute Gasteiger partial charge is 0.341 e. The number of carbonyl (C=O) groups is 1. The molecular formula is C38H38ClF2N9O3S2. The molecule has 4 aliphatic heterocycles. The van der Waals surface area contributed by atoms with Crippen molar-refractivity contribution >= 4 is 73.9 Å². The molecule has 12 nitrogen and oxygen atoms in total. The van der Waals surface area contributed by atoms with Crippen LogP contribution in [0, 0.1) is 11.6 Å². The van der Waals surface area contributed by atoms with E-state index in [1.165, 1.54) is 24.3 Å². The number of nitrogens with zero attached hydrogens (tertiary/aromatic N) is 6.